The van der Waals surface area contributed by atoms with Gasteiger partial charge < -0.3 is 9.84 Å². The van der Waals surface area contributed by atoms with Gasteiger partial charge in [-0.1, -0.05) is 19.1 Å². The third-order valence-corrected chi connectivity index (χ3v) is 9.10. The number of fused-ring (bicyclic) bond motifs is 5. The van der Waals surface area contributed by atoms with Crippen LogP contribution in [0.3, 0.4) is 0 Å². The number of ether oxygens (including phenoxy) is 1. The average Bonchev–Trinajstić information content (AvgIpc) is 3.18. The number of Topliss-reactive ketones (excluding diaryl/α,β-unsaturated/α-hetero) is 1. The lowest BCUT2D eigenvalue weighted by Gasteiger charge is -2.53. The van der Waals surface area contributed by atoms with Crippen molar-refractivity contribution in [1.82, 2.24) is 0 Å². The molecule has 4 aliphatic carbocycles. The molecule has 0 amide bonds. The molecular weight excluding hydrogens is 340 g/mol. The van der Waals surface area contributed by atoms with Gasteiger partial charge in [-0.2, -0.15) is 0 Å². The standard InChI is InChI=1S/C23H30O4/c1-13-17(14-9-21(25)27-12-14)6-8-23(26)18-4-3-15-10-16(24)5-7-22(15,2)20(18)11-19(13)23/h9,15,17-20,26H,1,3-8,10-12H2,2H3/t15-,17+,18-,19-,20+,22+,23+/m1/s1. The number of rotatable bonds is 1. The molecule has 0 aromatic carbocycles. The minimum absolute atomic E-state index is 0.107. The van der Waals surface area contributed by atoms with Crippen molar-refractivity contribution < 1.29 is 19.4 Å². The van der Waals surface area contributed by atoms with E-state index in [1.807, 2.05) is 0 Å². The first-order valence-electron chi connectivity index (χ1n) is 10.6. The first-order valence-corrected chi connectivity index (χ1v) is 10.6. The molecule has 4 heteroatoms. The number of carbonyl (C=O) groups is 2. The van der Waals surface area contributed by atoms with Crippen LogP contribution in [-0.2, 0) is 14.3 Å². The van der Waals surface area contributed by atoms with Gasteiger partial charge in [0.15, 0.2) is 0 Å². The Morgan fingerprint density at radius 3 is 2.74 bits per heavy atom. The van der Waals surface area contributed by atoms with Gasteiger partial charge in [-0.05, 0) is 67.3 Å². The monoisotopic (exact) mass is 370 g/mol. The average molecular weight is 370 g/mol. The Kier molecular flexibility index (Phi) is 3.79. The Balaban J connectivity index is 1.45. The van der Waals surface area contributed by atoms with Gasteiger partial charge in [0.25, 0.3) is 0 Å². The van der Waals surface area contributed by atoms with E-state index in [-0.39, 0.29) is 23.2 Å². The van der Waals surface area contributed by atoms with E-state index in [1.54, 1.807) is 6.08 Å². The lowest BCUT2D eigenvalue weighted by atomic mass is 9.52. The summed E-state index contributed by atoms with van der Waals surface area (Å²) in [6.07, 6.45) is 8.78. The van der Waals surface area contributed by atoms with E-state index in [4.69, 9.17) is 4.74 Å². The number of aliphatic hydroxyl groups is 1. The molecule has 0 saturated heterocycles. The summed E-state index contributed by atoms with van der Waals surface area (Å²) in [4.78, 5) is 23.5. The van der Waals surface area contributed by atoms with Gasteiger partial charge in [0.1, 0.15) is 12.4 Å². The summed E-state index contributed by atoms with van der Waals surface area (Å²) in [5.41, 5.74) is 1.66. The van der Waals surface area contributed by atoms with Crippen LogP contribution in [0.15, 0.2) is 23.8 Å². The highest BCUT2D eigenvalue weighted by atomic mass is 16.5. The number of ketones is 1. The summed E-state index contributed by atoms with van der Waals surface area (Å²) in [6.45, 7) is 7.19. The van der Waals surface area contributed by atoms with E-state index in [2.05, 4.69) is 13.5 Å². The molecule has 4 saturated carbocycles. The first-order chi connectivity index (χ1) is 12.8. The first kappa shape index (κ1) is 17.7. The molecule has 146 valence electrons. The zero-order chi connectivity index (χ0) is 19.0. The van der Waals surface area contributed by atoms with Crippen LogP contribution < -0.4 is 0 Å². The molecule has 1 N–H and O–H groups in total. The van der Waals surface area contributed by atoms with Crippen LogP contribution >= 0.6 is 0 Å². The predicted octanol–water partition coefficient (Wildman–Crippen LogP) is 3.59. The SMILES string of the molecule is C=C1[C@@H](C2=CC(=O)OC2)CC[C@@]2(O)[C@@H]1C[C@H]1[C@H]2CC[C@@H]2CC(=O)CC[C@@]21C. The van der Waals surface area contributed by atoms with Crippen molar-refractivity contribution in [2.45, 2.75) is 63.9 Å². The third-order valence-electron chi connectivity index (χ3n) is 9.10. The quantitative estimate of drug-likeness (QED) is 0.566. The van der Waals surface area contributed by atoms with Crippen molar-refractivity contribution in [3.63, 3.8) is 0 Å². The number of hydrogen-bond acceptors (Lipinski definition) is 4. The van der Waals surface area contributed by atoms with Gasteiger partial charge in [-0.3, -0.25) is 4.79 Å². The molecule has 1 aliphatic heterocycles. The topological polar surface area (TPSA) is 63.6 Å². The van der Waals surface area contributed by atoms with Gasteiger partial charge in [-0.15, -0.1) is 0 Å². The summed E-state index contributed by atoms with van der Waals surface area (Å²) < 4.78 is 5.13. The molecule has 0 aromatic heterocycles. The van der Waals surface area contributed by atoms with Crippen LogP contribution in [0.1, 0.15) is 58.3 Å². The minimum atomic E-state index is -0.655. The minimum Gasteiger partial charge on any atom is -0.458 e. The highest BCUT2D eigenvalue weighted by Gasteiger charge is 2.64. The van der Waals surface area contributed by atoms with Gasteiger partial charge >= 0.3 is 5.97 Å². The summed E-state index contributed by atoms with van der Waals surface area (Å²) in [5, 5.41) is 11.8. The molecule has 1 heterocycles. The Morgan fingerprint density at radius 1 is 1.19 bits per heavy atom. The normalized spacial score (nSPS) is 49.2. The molecule has 0 spiro atoms. The zero-order valence-corrected chi connectivity index (χ0v) is 16.2. The summed E-state index contributed by atoms with van der Waals surface area (Å²) >= 11 is 0. The molecule has 5 aliphatic rings. The maximum absolute atomic E-state index is 12.0. The molecular formula is C23H30O4. The number of cyclic esters (lactones) is 1. The van der Waals surface area contributed by atoms with E-state index in [0.717, 1.165) is 56.1 Å². The third kappa shape index (κ3) is 2.38. The van der Waals surface area contributed by atoms with Crippen molar-refractivity contribution in [1.29, 1.82) is 0 Å². The Bertz CT molecular complexity index is 751. The van der Waals surface area contributed by atoms with Crippen LogP contribution in [0.25, 0.3) is 0 Å². The van der Waals surface area contributed by atoms with Crippen molar-refractivity contribution in [2.24, 2.45) is 35.0 Å². The second kappa shape index (κ2) is 5.79. The molecule has 27 heavy (non-hydrogen) atoms. The fourth-order valence-electron chi connectivity index (χ4n) is 7.58. The zero-order valence-electron chi connectivity index (χ0n) is 16.2. The fraction of sp³-hybridized carbons (Fsp3) is 0.739. The van der Waals surface area contributed by atoms with E-state index in [1.165, 1.54) is 0 Å². The van der Waals surface area contributed by atoms with E-state index in [9.17, 15) is 14.7 Å². The highest BCUT2D eigenvalue weighted by molar-refractivity contribution is 5.85. The van der Waals surface area contributed by atoms with Crippen LogP contribution in [0, 0.1) is 35.0 Å². The number of hydrogen-bond donors (Lipinski definition) is 1. The Labute approximate surface area is 161 Å². The largest absolute Gasteiger partial charge is 0.458 e. The smallest absolute Gasteiger partial charge is 0.331 e. The van der Waals surface area contributed by atoms with Crippen molar-refractivity contribution >= 4 is 11.8 Å². The van der Waals surface area contributed by atoms with Gasteiger partial charge in [0.05, 0.1) is 5.60 Å². The van der Waals surface area contributed by atoms with E-state index in [0.29, 0.717) is 36.6 Å². The summed E-state index contributed by atoms with van der Waals surface area (Å²) in [6, 6.07) is 0. The van der Waals surface area contributed by atoms with E-state index < -0.39 is 5.60 Å². The molecule has 0 aromatic rings. The molecule has 0 bridgehead atoms. The van der Waals surface area contributed by atoms with E-state index >= 15 is 0 Å². The van der Waals surface area contributed by atoms with Gasteiger partial charge in [0.2, 0.25) is 0 Å². The number of carbonyl (C=O) groups excluding carboxylic acids is 2. The van der Waals surface area contributed by atoms with Crippen molar-refractivity contribution in [3.8, 4) is 0 Å². The Morgan fingerprint density at radius 2 is 2.00 bits per heavy atom. The molecule has 7 atom stereocenters. The molecule has 5 rings (SSSR count). The van der Waals surface area contributed by atoms with Gasteiger partial charge in [0, 0.05) is 30.8 Å². The number of esters is 1. The molecule has 0 unspecified atom stereocenters. The predicted molar refractivity (Wildman–Crippen MR) is 101 cm³/mol. The maximum Gasteiger partial charge on any atom is 0.331 e. The summed E-state index contributed by atoms with van der Waals surface area (Å²) in [7, 11) is 0. The second-order valence-electron chi connectivity index (χ2n) is 10.0. The lowest BCUT2D eigenvalue weighted by molar-refractivity contribution is -0.135. The van der Waals surface area contributed by atoms with Crippen LogP contribution in [0.5, 0.6) is 0 Å². The second-order valence-corrected chi connectivity index (χ2v) is 10.0. The van der Waals surface area contributed by atoms with Crippen LogP contribution in [0.2, 0.25) is 0 Å². The highest BCUT2D eigenvalue weighted by Crippen LogP contribution is 2.67. The molecule has 4 nitrogen and oxygen atoms in total. The molecule has 0 radical (unpaired) electrons. The molecule has 4 fully saturated rings. The van der Waals surface area contributed by atoms with Gasteiger partial charge in [-0.25, -0.2) is 4.79 Å². The lowest BCUT2D eigenvalue weighted by Crippen LogP contribution is -2.51. The van der Waals surface area contributed by atoms with Crippen LogP contribution in [-0.4, -0.2) is 29.1 Å². The van der Waals surface area contributed by atoms with Crippen LogP contribution in [0.4, 0.5) is 0 Å². The fourth-order valence-corrected chi connectivity index (χ4v) is 7.58. The maximum atomic E-state index is 12.0. The van der Waals surface area contributed by atoms with Crippen molar-refractivity contribution in [3.05, 3.63) is 23.8 Å². The Hall–Kier alpha value is -1.42. The van der Waals surface area contributed by atoms with Crippen molar-refractivity contribution in [2.75, 3.05) is 6.61 Å². The summed E-state index contributed by atoms with van der Waals surface area (Å²) in [5.74, 6) is 1.73.